The van der Waals surface area contributed by atoms with Gasteiger partial charge in [0.25, 0.3) is 0 Å². The maximum absolute atomic E-state index is 12.2. The zero-order valence-electron chi connectivity index (χ0n) is 7.15. The minimum atomic E-state index is -4.64. The van der Waals surface area contributed by atoms with Crippen molar-refractivity contribution in [2.75, 3.05) is 0 Å². The van der Waals surface area contributed by atoms with Crippen LogP contribution in [0.2, 0.25) is 10.0 Å². The molecule has 1 aromatic rings. The molecule has 2 nitrogen and oxygen atoms in total. The predicted octanol–water partition coefficient (Wildman–Crippen LogP) is 3.26. The van der Waals surface area contributed by atoms with E-state index in [0.29, 0.717) is 0 Å². The molecule has 15 heavy (non-hydrogen) atoms. The number of hydrogen-bond acceptors (Lipinski definition) is 2. The zero-order chi connectivity index (χ0) is 11.8. The van der Waals surface area contributed by atoms with E-state index in [4.69, 9.17) is 28.9 Å². The van der Waals surface area contributed by atoms with Crippen molar-refractivity contribution in [1.29, 1.82) is 0 Å². The molecule has 0 aliphatic carbocycles. The fraction of sp³-hybridized carbons (Fsp3) is 0.250. The average Bonchev–Trinajstić information content (AvgIpc) is 2.12. The van der Waals surface area contributed by atoms with Gasteiger partial charge in [0.15, 0.2) is 0 Å². The molecule has 0 unspecified atom stereocenters. The Morgan fingerprint density at radius 3 is 2.27 bits per heavy atom. The molecule has 1 atom stereocenters. The number of phenols is 1. The Morgan fingerprint density at radius 2 is 1.80 bits per heavy atom. The van der Waals surface area contributed by atoms with Gasteiger partial charge in [-0.1, -0.05) is 29.3 Å². The number of alkyl halides is 3. The van der Waals surface area contributed by atoms with Crippen LogP contribution in [0.5, 0.6) is 5.75 Å². The van der Waals surface area contributed by atoms with Crippen molar-refractivity contribution in [3.63, 3.8) is 0 Å². The zero-order valence-corrected chi connectivity index (χ0v) is 8.66. The monoisotopic (exact) mass is 259 g/mol. The van der Waals surface area contributed by atoms with Gasteiger partial charge in [0, 0.05) is 5.56 Å². The van der Waals surface area contributed by atoms with Crippen molar-refractivity contribution in [2.45, 2.75) is 12.2 Å². The standard InChI is InChI=1S/C8H6Cl2F3NO/c9-4-2-1-3(6(15)5(4)10)7(14)8(11,12)13/h1-2,7,15H,14H2/t7-/m0/s1. The van der Waals surface area contributed by atoms with E-state index in [1.807, 2.05) is 0 Å². The third kappa shape index (κ3) is 2.48. The van der Waals surface area contributed by atoms with Gasteiger partial charge in [-0.3, -0.25) is 0 Å². The smallest absolute Gasteiger partial charge is 0.407 e. The largest absolute Gasteiger partial charge is 0.506 e. The van der Waals surface area contributed by atoms with Crippen LogP contribution in [0.15, 0.2) is 12.1 Å². The maximum atomic E-state index is 12.2. The lowest BCUT2D eigenvalue weighted by Gasteiger charge is -2.17. The van der Waals surface area contributed by atoms with Crippen LogP contribution in [-0.4, -0.2) is 11.3 Å². The summed E-state index contributed by atoms with van der Waals surface area (Å²) in [5.74, 6) is -0.742. The molecule has 0 heterocycles. The van der Waals surface area contributed by atoms with Crippen LogP contribution in [0.4, 0.5) is 13.2 Å². The molecule has 84 valence electrons. The Bertz CT molecular complexity index is 381. The highest BCUT2D eigenvalue weighted by Crippen LogP contribution is 2.40. The summed E-state index contributed by atoms with van der Waals surface area (Å²) in [4.78, 5) is 0. The number of benzene rings is 1. The van der Waals surface area contributed by atoms with E-state index in [1.165, 1.54) is 0 Å². The van der Waals surface area contributed by atoms with Crippen LogP contribution < -0.4 is 5.73 Å². The summed E-state index contributed by atoms with van der Waals surface area (Å²) in [6, 6.07) is -0.154. The summed E-state index contributed by atoms with van der Waals surface area (Å²) in [6.45, 7) is 0. The minimum Gasteiger partial charge on any atom is -0.506 e. The normalized spacial score (nSPS) is 14.0. The summed E-state index contributed by atoms with van der Waals surface area (Å²) in [7, 11) is 0. The SMILES string of the molecule is N[C@@H](c1ccc(Cl)c(Cl)c1O)C(F)(F)F. The molecule has 0 aromatic heterocycles. The first-order chi connectivity index (χ1) is 6.75. The molecule has 0 saturated carbocycles. The van der Waals surface area contributed by atoms with Crippen LogP contribution in [-0.2, 0) is 0 Å². The second kappa shape index (κ2) is 4.08. The van der Waals surface area contributed by atoms with Gasteiger partial charge < -0.3 is 10.8 Å². The minimum absolute atomic E-state index is 0.0349. The Labute approximate surface area is 93.4 Å². The molecule has 0 aliphatic heterocycles. The van der Waals surface area contributed by atoms with Crippen LogP contribution in [0.1, 0.15) is 11.6 Å². The highest BCUT2D eigenvalue weighted by atomic mass is 35.5. The van der Waals surface area contributed by atoms with E-state index < -0.39 is 23.5 Å². The average molecular weight is 260 g/mol. The Morgan fingerprint density at radius 1 is 1.27 bits per heavy atom. The number of phenolic OH excluding ortho intramolecular Hbond substituents is 1. The third-order valence-electron chi connectivity index (χ3n) is 1.79. The predicted molar refractivity (Wildman–Crippen MR) is 51.1 cm³/mol. The van der Waals surface area contributed by atoms with Crippen molar-refractivity contribution in [3.05, 3.63) is 27.7 Å². The van der Waals surface area contributed by atoms with Gasteiger partial charge in [-0.25, -0.2) is 0 Å². The molecule has 1 aromatic carbocycles. The number of halogens is 5. The topological polar surface area (TPSA) is 46.2 Å². The molecule has 0 fully saturated rings. The molecule has 3 N–H and O–H groups in total. The highest BCUT2D eigenvalue weighted by molar-refractivity contribution is 6.43. The van der Waals surface area contributed by atoms with Crippen molar-refractivity contribution >= 4 is 23.2 Å². The molecular weight excluding hydrogens is 254 g/mol. The fourth-order valence-corrected chi connectivity index (χ4v) is 1.31. The second-order valence-electron chi connectivity index (χ2n) is 2.82. The Hall–Kier alpha value is -0.650. The summed E-state index contributed by atoms with van der Waals surface area (Å²) < 4.78 is 36.7. The van der Waals surface area contributed by atoms with E-state index in [9.17, 15) is 18.3 Å². The summed E-state index contributed by atoms with van der Waals surface area (Å²) in [5.41, 5.74) is 4.40. The highest BCUT2D eigenvalue weighted by Gasteiger charge is 2.39. The van der Waals surface area contributed by atoms with Crippen molar-refractivity contribution in [3.8, 4) is 5.75 Å². The third-order valence-corrected chi connectivity index (χ3v) is 2.58. The first-order valence-corrected chi connectivity index (χ1v) is 4.50. The molecule has 0 aliphatic rings. The number of hydrogen-bond donors (Lipinski definition) is 2. The number of nitrogens with two attached hydrogens (primary N) is 1. The van der Waals surface area contributed by atoms with Crippen molar-refractivity contribution < 1.29 is 18.3 Å². The van der Waals surface area contributed by atoms with Crippen LogP contribution in [0, 0.1) is 0 Å². The molecule has 7 heteroatoms. The number of rotatable bonds is 1. The molecule has 0 amide bonds. The maximum Gasteiger partial charge on any atom is 0.407 e. The lowest BCUT2D eigenvalue weighted by Crippen LogP contribution is -2.28. The fourth-order valence-electron chi connectivity index (χ4n) is 0.982. The molecule has 1 rings (SSSR count). The van der Waals surface area contributed by atoms with Crippen molar-refractivity contribution in [2.24, 2.45) is 5.73 Å². The van der Waals surface area contributed by atoms with Crippen LogP contribution in [0.3, 0.4) is 0 Å². The van der Waals surface area contributed by atoms with Gasteiger partial charge in [-0.15, -0.1) is 0 Å². The first-order valence-electron chi connectivity index (χ1n) is 3.74. The van der Waals surface area contributed by atoms with E-state index in [1.54, 1.807) is 0 Å². The Kier molecular flexibility index (Phi) is 3.38. The van der Waals surface area contributed by atoms with E-state index in [0.717, 1.165) is 12.1 Å². The van der Waals surface area contributed by atoms with E-state index in [-0.39, 0.29) is 10.0 Å². The quantitative estimate of drug-likeness (QED) is 0.813. The molecule has 0 spiro atoms. The van der Waals surface area contributed by atoms with Gasteiger partial charge in [0.2, 0.25) is 0 Å². The lowest BCUT2D eigenvalue weighted by atomic mass is 10.1. The Balaban J connectivity index is 3.23. The van der Waals surface area contributed by atoms with Crippen molar-refractivity contribution in [1.82, 2.24) is 0 Å². The first kappa shape index (κ1) is 12.4. The van der Waals surface area contributed by atoms with Gasteiger partial charge in [-0.05, 0) is 6.07 Å². The van der Waals surface area contributed by atoms with E-state index >= 15 is 0 Å². The van der Waals surface area contributed by atoms with Gasteiger partial charge >= 0.3 is 6.18 Å². The molecule has 0 radical (unpaired) electrons. The lowest BCUT2D eigenvalue weighted by molar-refractivity contribution is -0.149. The molecule has 0 saturated heterocycles. The van der Waals surface area contributed by atoms with Gasteiger partial charge in [-0.2, -0.15) is 13.2 Å². The van der Waals surface area contributed by atoms with Gasteiger partial charge in [0.05, 0.1) is 5.02 Å². The van der Waals surface area contributed by atoms with Gasteiger partial charge in [0.1, 0.15) is 16.8 Å². The molecular formula is C8H6Cl2F3NO. The summed E-state index contributed by atoms with van der Waals surface area (Å²) >= 11 is 11.0. The molecule has 0 bridgehead atoms. The summed E-state index contributed by atoms with van der Waals surface area (Å²) in [6.07, 6.45) is -4.64. The van der Waals surface area contributed by atoms with E-state index in [2.05, 4.69) is 0 Å². The van der Waals surface area contributed by atoms with Crippen LogP contribution in [0.25, 0.3) is 0 Å². The van der Waals surface area contributed by atoms with Crippen LogP contribution >= 0.6 is 23.2 Å². The second-order valence-corrected chi connectivity index (χ2v) is 3.60. The summed E-state index contributed by atoms with van der Waals surface area (Å²) in [5, 5.41) is 8.94. The number of aromatic hydroxyl groups is 1.